The fraction of sp³-hybridized carbons (Fsp3) is 0.400. The molecule has 1 aliphatic rings. The van der Waals surface area contributed by atoms with E-state index in [-0.39, 0.29) is 30.0 Å². The highest BCUT2D eigenvalue weighted by Gasteiger charge is 2.33. The number of rotatable bonds is 8. The molecule has 4 rings (SSSR count). The monoisotopic (exact) mass is 406 g/mol. The molecule has 0 saturated carbocycles. The fourth-order valence-corrected chi connectivity index (χ4v) is 3.77. The molecule has 1 fully saturated rings. The van der Waals surface area contributed by atoms with Crippen molar-refractivity contribution in [2.24, 2.45) is 0 Å². The van der Waals surface area contributed by atoms with Crippen LogP contribution in [0.5, 0.6) is 5.75 Å². The Balaban J connectivity index is 1.68. The van der Waals surface area contributed by atoms with Gasteiger partial charge in [0.2, 0.25) is 5.91 Å². The van der Waals surface area contributed by atoms with E-state index in [0.29, 0.717) is 42.5 Å². The second-order valence-corrected chi connectivity index (χ2v) is 6.77. The number of likely N-dealkylation sites (tertiary alicyclic amines) is 1. The number of fused-ring (bicyclic) bond motifs is 3. The molecule has 0 radical (unpaired) electrons. The van der Waals surface area contributed by atoms with Crippen LogP contribution in [0.2, 0.25) is 0 Å². The summed E-state index contributed by atoms with van der Waals surface area (Å²) in [5, 5.41) is 1.35. The third-order valence-electron chi connectivity index (χ3n) is 4.99. The predicted molar refractivity (Wildman–Crippen MR) is 99.9 cm³/mol. The molecule has 1 aromatic carbocycles. The van der Waals surface area contributed by atoms with Crippen LogP contribution in [0.4, 0.5) is 8.78 Å². The number of carbonyl (C=O) groups excluding carboxylic acids is 1. The van der Waals surface area contributed by atoms with E-state index in [4.69, 9.17) is 13.9 Å². The largest absolute Gasteiger partial charge is 0.452 e. The Bertz CT molecular complexity index is 1020. The highest BCUT2D eigenvalue weighted by atomic mass is 19.3. The van der Waals surface area contributed by atoms with E-state index >= 15 is 0 Å². The van der Waals surface area contributed by atoms with Crippen LogP contribution in [0.15, 0.2) is 35.0 Å². The van der Waals surface area contributed by atoms with Crippen LogP contribution in [-0.2, 0) is 14.3 Å². The van der Waals surface area contributed by atoms with Gasteiger partial charge in [0.05, 0.1) is 6.61 Å². The van der Waals surface area contributed by atoms with Crippen LogP contribution < -0.4 is 4.74 Å². The molecule has 1 unspecified atom stereocenters. The van der Waals surface area contributed by atoms with E-state index in [1.54, 1.807) is 29.4 Å². The Hall–Kier alpha value is -2.78. The lowest BCUT2D eigenvalue weighted by Gasteiger charge is -2.17. The smallest absolute Gasteiger partial charge is 0.387 e. The van der Waals surface area contributed by atoms with Gasteiger partial charge in [-0.2, -0.15) is 8.78 Å². The summed E-state index contributed by atoms with van der Waals surface area (Å²) in [6, 6.07) is 4.86. The summed E-state index contributed by atoms with van der Waals surface area (Å²) in [4.78, 5) is 18.3. The number of alkyl halides is 2. The Labute approximate surface area is 165 Å². The molecule has 3 heterocycles. The van der Waals surface area contributed by atoms with Gasteiger partial charge in [-0.05, 0) is 17.7 Å². The molecule has 7 nitrogen and oxygen atoms in total. The Morgan fingerprint density at radius 3 is 3.00 bits per heavy atom. The first-order chi connectivity index (χ1) is 14.1. The number of amides is 1. The highest BCUT2D eigenvalue weighted by molar-refractivity contribution is 6.08. The lowest BCUT2D eigenvalue weighted by molar-refractivity contribution is -0.129. The van der Waals surface area contributed by atoms with Crippen molar-refractivity contribution in [3.8, 4) is 5.75 Å². The number of halogens is 2. The van der Waals surface area contributed by atoms with Crippen molar-refractivity contribution in [1.82, 2.24) is 9.88 Å². The van der Waals surface area contributed by atoms with E-state index < -0.39 is 6.61 Å². The third-order valence-corrected chi connectivity index (χ3v) is 4.99. The predicted octanol–water partition coefficient (Wildman–Crippen LogP) is 3.52. The molecule has 0 aliphatic carbocycles. The fourth-order valence-electron chi connectivity index (χ4n) is 3.77. The minimum Gasteiger partial charge on any atom is -0.452 e. The molecule has 3 aromatic rings. The lowest BCUT2D eigenvalue weighted by atomic mass is 9.93. The van der Waals surface area contributed by atoms with E-state index in [1.807, 2.05) is 0 Å². The molecule has 2 aromatic heterocycles. The van der Waals surface area contributed by atoms with Crippen molar-refractivity contribution >= 4 is 27.8 Å². The number of aromatic nitrogens is 1. The van der Waals surface area contributed by atoms with Gasteiger partial charge in [0.25, 0.3) is 0 Å². The van der Waals surface area contributed by atoms with Gasteiger partial charge in [-0.25, -0.2) is 0 Å². The molecule has 154 valence electrons. The summed E-state index contributed by atoms with van der Waals surface area (Å²) >= 11 is 0. The summed E-state index contributed by atoms with van der Waals surface area (Å²) in [7, 11) is 1.54. The van der Waals surface area contributed by atoms with E-state index in [0.717, 1.165) is 5.56 Å². The topological polar surface area (TPSA) is 74.0 Å². The quantitative estimate of drug-likeness (QED) is 0.421. The van der Waals surface area contributed by atoms with Crippen LogP contribution in [0, 0.1) is 0 Å². The molecule has 9 heteroatoms. The number of methoxy groups -OCH3 is 1. The van der Waals surface area contributed by atoms with Crippen molar-refractivity contribution < 1.29 is 32.2 Å². The summed E-state index contributed by atoms with van der Waals surface area (Å²) in [6.45, 7) is -1.45. The number of nitrogens with zero attached hydrogens (tertiary/aromatic N) is 2. The molecule has 1 amide bonds. The average Bonchev–Trinajstić information content (AvgIpc) is 3.26. The van der Waals surface area contributed by atoms with Gasteiger partial charge in [-0.15, -0.1) is 0 Å². The van der Waals surface area contributed by atoms with E-state index in [2.05, 4.69) is 9.72 Å². The lowest BCUT2D eigenvalue weighted by Crippen LogP contribution is -2.29. The van der Waals surface area contributed by atoms with Crippen molar-refractivity contribution in [2.45, 2.75) is 19.0 Å². The number of pyridine rings is 1. The number of hydrogen-bond donors (Lipinski definition) is 0. The molecule has 29 heavy (non-hydrogen) atoms. The maximum absolute atomic E-state index is 12.8. The molecular weight excluding hydrogens is 386 g/mol. The molecular formula is C20H20F2N2O5. The summed E-state index contributed by atoms with van der Waals surface area (Å²) in [5.74, 6) is -0.124. The third kappa shape index (κ3) is 3.88. The number of carbonyl (C=O) groups is 1. The minimum absolute atomic E-state index is 0.0167. The van der Waals surface area contributed by atoms with Crippen molar-refractivity contribution in [3.05, 3.63) is 36.2 Å². The van der Waals surface area contributed by atoms with Gasteiger partial charge in [0.15, 0.2) is 11.3 Å². The van der Waals surface area contributed by atoms with E-state index in [1.165, 1.54) is 13.2 Å². The number of benzene rings is 1. The summed E-state index contributed by atoms with van der Waals surface area (Å²) in [5.41, 5.74) is 1.61. The Morgan fingerprint density at radius 2 is 2.21 bits per heavy atom. The zero-order valence-electron chi connectivity index (χ0n) is 15.8. The Kier molecular flexibility index (Phi) is 5.59. The van der Waals surface area contributed by atoms with Crippen LogP contribution >= 0.6 is 0 Å². The normalized spacial score (nSPS) is 17.2. The minimum atomic E-state index is -2.97. The van der Waals surface area contributed by atoms with Crippen molar-refractivity contribution in [2.75, 3.05) is 33.6 Å². The van der Waals surface area contributed by atoms with Crippen molar-refractivity contribution in [3.63, 3.8) is 0 Å². The molecule has 1 atom stereocenters. The number of ether oxygens (including phenoxy) is 3. The first-order valence-corrected chi connectivity index (χ1v) is 9.17. The van der Waals surface area contributed by atoms with Gasteiger partial charge in [-0.1, -0.05) is 6.07 Å². The summed E-state index contributed by atoms with van der Waals surface area (Å²) < 4.78 is 46.2. The van der Waals surface area contributed by atoms with Gasteiger partial charge in [0.1, 0.15) is 12.4 Å². The zero-order valence-corrected chi connectivity index (χ0v) is 15.8. The van der Waals surface area contributed by atoms with Crippen molar-refractivity contribution in [1.29, 1.82) is 0 Å². The maximum Gasteiger partial charge on any atom is 0.387 e. The number of hydrogen-bond acceptors (Lipinski definition) is 6. The van der Waals surface area contributed by atoms with Crippen LogP contribution in [0.25, 0.3) is 21.9 Å². The molecule has 1 aliphatic heterocycles. The van der Waals surface area contributed by atoms with E-state index in [9.17, 15) is 13.6 Å². The van der Waals surface area contributed by atoms with Gasteiger partial charge < -0.3 is 23.5 Å². The van der Waals surface area contributed by atoms with Crippen LogP contribution in [0.3, 0.4) is 0 Å². The maximum atomic E-state index is 12.8. The zero-order chi connectivity index (χ0) is 20.4. The summed E-state index contributed by atoms with van der Waals surface area (Å²) in [6.07, 6.45) is 3.52. The van der Waals surface area contributed by atoms with Crippen LogP contribution in [-0.4, -0.2) is 56.0 Å². The van der Waals surface area contributed by atoms with Gasteiger partial charge >= 0.3 is 6.61 Å². The van der Waals surface area contributed by atoms with Gasteiger partial charge in [-0.3, -0.25) is 9.78 Å². The highest BCUT2D eigenvalue weighted by Crippen LogP contribution is 2.42. The molecule has 0 N–H and O–H groups in total. The first-order valence-electron chi connectivity index (χ1n) is 9.17. The molecule has 1 saturated heterocycles. The molecule has 0 spiro atoms. The molecule has 0 bridgehead atoms. The second-order valence-electron chi connectivity index (χ2n) is 6.77. The average molecular weight is 406 g/mol. The van der Waals surface area contributed by atoms with Crippen LogP contribution in [0.1, 0.15) is 17.9 Å². The Morgan fingerprint density at radius 1 is 1.34 bits per heavy atom. The first kappa shape index (κ1) is 19.5. The standard InChI is InChI=1S/C20H20F2N2O5/c1-26-11-27-7-6-24-10-12(8-17(24)25)13-2-3-16(29-20(21)22)19-18(13)14-9-23-5-4-15(14)28-19/h2-5,9,12,20H,6-8,10-11H2,1H3. The second kappa shape index (κ2) is 8.30. The van der Waals surface area contributed by atoms with Gasteiger partial charge in [0, 0.05) is 55.7 Å². The SMILES string of the molecule is COCOCCN1CC(c2ccc(OC(F)F)c3oc4ccncc4c23)CC1=O. The number of furan rings is 1.